The summed E-state index contributed by atoms with van der Waals surface area (Å²) in [7, 11) is 3.52. The van der Waals surface area contributed by atoms with Crippen LogP contribution in [0.2, 0.25) is 0 Å². The minimum atomic E-state index is -0.820. The first kappa shape index (κ1) is 27.1. The van der Waals surface area contributed by atoms with Crippen molar-refractivity contribution in [1.82, 2.24) is 19.0 Å². The highest BCUT2D eigenvalue weighted by Crippen LogP contribution is 2.41. The number of hydrogen-bond donors (Lipinski definition) is 2. The van der Waals surface area contributed by atoms with Crippen LogP contribution in [-0.2, 0) is 13.6 Å². The Labute approximate surface area is 252 Å². The Balaban J connectivity index is 1.25. The van der Waals surface area contributed by atoms with Gasteiger partial charge in [0, 0.05) is 60.8 Å². The number of fused-ring (bicyclic) bond motifs is 4. The number of methoxy groups -OCH3 is 1. The summed E-state index contributed by atoms with van der Waals surface area (Å²) in [5.74, 6) is -0.0287. The Hall–Kier alpha value is -4.44. The molecule has 3 aromatic carbocycles. The molecule has 3 fully saturated rings. The van der Waals surface area contributed by atoms with E-state index < -0.39 is 17.4 Å². The number of likely N-dealkylation sites (tertiary alicyclic amines) is 1. The second-order valence-electron chi connectivity index (χ2n) is 12.6. The summed E-state index contributed by atoms with van der Waals surface area (Å²) in [6, 6.07) is 13.0. The Morgan fingerprint density at radius 3 is 2.50 bits per heavy atom. The molecule has 8 nitrogen and oxygen atoms in total. The maximum atomic E-state index is 14.8. The van der Waals surface area contributed by atoms with Gasteiger partial charge in [0.1, 0.15) is 28.7 Å². The lowest BCUT2D eigenvalue weighted by Gasteiger charge is -2.27. The van der Waals surface area contributed by atoms with E-state index in [1.54, 1.807) is 25.3 Å². The van der Waals surface area contributed by atoms with Gasteiger partial charge < -0.3 is 29.6 Å². The van der Waals surface area contributed by atoms with Crippen molar-refractivity contribution in [3.63, 3.8) is 0 Å². The summed E-state index contributed by atoms with van der Waals surface area (Å²) in [6.45, 7) is 1.42. The van der Waals surface area contributed by atoms with Gasteiger partial charge in [-0.05, 0) is 67.3 Å². The molecule has 10 heteroatoms. The highest BCUT2D eigenvalue weighted by Gasteiger charge is 2.47. The van der Waals surface area contributed by atoms with Crippen molar-refractivity contribution in [3.8, 4) is 34.1 Å². The zero-order valence-corrected chi connectivity index (χ0v) is 24.6. The normalized spacial score (nSPS) is 21.2. The van der Waals surface area contributed by atoms with E-state index in [2.05, 4.69) is 4.57 Å². The molecule has 1 amide bonds. The third kappa shape index (κ3) is 4.11. The molecule has 3 unspecified atom stereocenters. The number of ether oxygens (including phenoxy) is 1. The standard InChI is InChI=1S/C34H33F2N5O3/c1-39-32-25(9-21(12-29(32)44-2)34(43)41-16-20-7-8-26(41)31(20)37)38-33(39)28-10-18-5-6-19(11-27(18)40(28)15-17-3-4-17)30-23(35)13-22(42)14-24(30)36/h5-6,9-14,17,20,26,31,42H,3-4,7-8,15-16,37H2,1-2H3. The van der Waals surface area contributed by atoms with Gasteiger partial charge in [-0.15, -0.1) is 0 Å². The van der Waals surface area contributed by atoms with Crippen molar-refractivity contribution in [1.29, 1.82) is 0 Å². The van der Waals surface area contributed by atoms with E-state index in [1.807, 2.05) is 34.7 Å². The second kappa shape index (κ2) is 9.79. The molecule has 3 atom stereocenters. The number of halogens is 2. The van der Waals surface area contributed by atoms with Crippen LogP contribution in [0.3, 0.4) is 0 Å². The highest BCUT2D eigenvalue weighted by atomic mass is 19.1. The molecule has 5 aromatic rings. The lowest BCUT2D eigenvalue weighted by atomic mass is 10.0. The summed E-state index contributed by atoms with van der Waals surface area (Å²) in [5.41, 5.74) is 10.3. The van der Waals surface area contributed by atoms with Gasteiger partial charge in [0.15, 0.2) is 5.82 Å². The molecule has 2 bridgehead atoms. The molecule has 2 aromatic heterocycles. The number of carbonyl (C=O) groups is 1. The van der Waals surface area contributed by atoms with Crippen LogP contribution in [-0.4, -0.2) is 55.8 Å². The Kier molecular flexibility index (Phi) is 6.03. The van der Waals surface area contributed by atoms with E-state index in [1.165, 1.54) is 0 Å². The molecular formula is C34H33F2N5O3. The fourth-order valence-corrected chi connectivity index (χ4v) is 7.45. The molecule has 3 heterocycles. The number of phenolic OH excluding ortho intramolecular Hbond substituents is 1. The number of nitrogens with zero attached hydrogens (tertiary/aromatic N) is 4. The van der Waals surface area contributed by atoms with Crippen molar-refractivity contribution in [2.24, 2.45) is 24.6 Å². The van der Waals surface area contributed by atoms with Gasteiger partial charge in [-0.2, -0.15) is 0 Å². The summed E-state index contributed by atoms with van der Waals surface area (Å²) in [6.07, 6.45) is 4.23. The Morgan fingerprint density at radius 1 is 1.07 bits per heavy atom. The zero-order chi connectivity index (χ0) is 30.4. The topological polar surface area (TPSA) is 98.5 Å². The lowest BCUT2D eigenvalue weighted by Crippen LogP contribution is -2.41. The quantitative estimate of drug-likeness (QED) is 0.257. The van der Waals surface area contributed by atoms with Crippen molar-refractivity contribution < 1.29 is 23.4 Å². The molecule has 226 valence electrons. The molecule has 8 rings (SSSR count). The van der Waals surface area contributed by atoms with E-state index in [-0.39, 0.29) is 23.6 Å². The molecule has 3 aliphatic rings. The van der Waals surface area contributed by atoms with Gasteiger partial charge in [-0.3, -0.25) is 4.79 Å². The fraction of sp³-hybridized carbons (Fsp3) is 0.353. The number of aromatic hydroxyl groups is 1. The van der Waals surface area contributed by atoms with Gasteiger partial charge >= 0.3 is 0 Å². The maximum absolute atomic E-state index is 14.8. The third-order valence-corrected chi connectivity index (χ3v) is 9.90. The van der Waals surface area contributed by atoms with Gasteiger partial charge in [0.2, 0.25) is 0 Å². The number of piperidine rings is 1. The van der Waals surface area contributed by atoms with Crippen molar-refractivity contribution in [2.75, 3.05) is 13.7 Å². The van der Waals surface area contributed by atoms with Crippen LogP contribution in [0.1, 0.15) is 36.0 Å². The summed E-state index contributed by atoms with van der Waals surface area (Å²) in [5, 5.41) is 10.6. The number of rotatable bonds is 6. The maximum Gasteiger partial charge on any atom is 0.254 e. The molecule has 1 aliphatic heterocycles. The molecular weight excluding hydrogens is 564 g/mol. The summed E-state index contributed by atoms with van der Waals surface area (Å²) >= 11 is 0. The van der Waals surface area contributed by atoms with E-state index in [9.17, 15) is 18.7 Å². The van der Waals surface area contributed by atoms with Crippen LogP contribution < -0.4 is 10.5 Å². The van der Waals surface area contributed by atoms with Gasteiger partial charge in [-0.1, -0.05) is 12.1 Å². The SMILES string of the molecule is COc1cc(C(=O)N2CC3CCC2C3N)cc2nc(-c3cc4ccc(-c5c(F)cc(O)cc5F)cc4n3CC3CC3)n(C)c12. The van der Waals surface area contributed by atoms with Crippen LogP contribution in [0.25, 0.3) is 44.6 Å². The molecule has 0 radical (unpaired) electrons. The van der Waals surface area contributed by atoms with Crippen LogP contribution in [0.5, 0.6) is 11.5 Å². The minimum absolute atomic E-state index is 0.0296. The van der Waals surface area contributed by atoms with E-state index in [4.69, 9.17) is 15.5 Å². The van der Waals surface area contributed by atoms with Gasteiger partial charge in [-0.25, -0.2) is 13.8 Å². The average molecular weight is 598 g/mol. The van der Waals surface area contributed by atoms with Gasteiger partial charge in [0.25, 0.3) is 5.91 Å². The number of phenols is 1. The molecule has 2 saturated carbocycles. The third-order valence-electron chi connectivity index (χ3n) is 9.90. The number of nitrogens with two attached hydrogens (primary N) is 1. The Bertz CT molecular complexity index is 1970. The van der Waals surface area contributed by atoms with Crippen molar-refractivity contribution in [2.45, 2.75) is 44.3 Å². The lowest BCUT2D eigenvalue weighted by molar-refractivity contribution is 0.0700. The van der Waals surface area contributed by atoms with Crippen LogP contribution in [0.15, 0.2) is 48.5 Å². The molecule has 1 saturated heterocycles. The predicted octanol–water partition coefficient (Wildman–Crippen LogP) is 5.83. The molecule has 3 N–H and O–H groups in total. The van der Waals surface area contributed by atoms with Crippen molar-refractivity contribution >= 4 is 27.8 Å². The summed E-state index contributed by atoms with van der Waals surface area (Å²) in [4.78, 5) is 20.6. The molecule has 2 aliphatic carbocycles. The van der Waals surface area contributed by atoms with E-state index in [0.717, 1.165) is 66.5 Å². The average Bonchev–Trinajstić information content (AvgIpc) is 3.40. The number of aromatic nitrogens is 3. The Morgan fingerprint density at radius 2 is 1.84 bits per heavy atom. The van der Waals surface area contributed by atoms with E-state index in [0.29, 0.717) is 46.6 Å². The van der Waals surface area contributed by atoms with Gasteiger partial charge in [0.05, 0.1) is 23.9 Å². The van der Waals surface area contributed by atoms with Crippen LogP contribution in [0.4, 0.5) is 8.78 Å². The van der Waals surface area contributed by atoms with Crippen molar-refractivity contribution in [3.05, 3.63) is 65.7 Å². The monoisotopic (exact) mass is 597 g/mol. The number of hydrogen-bond acceptors (Lipinski definition) is 5. The smallest absolute Gasteiger partial charge is 0.254 e. The summed E-state index contributed by atoms with van der Waals surface area (Å²) < 4.78 is 39.6. The largest absolute Gasteiger partial charge is 0.508 e. The predicted molar refractivity (Wildman–Crippen MR) is 163 cm³/mol. The molecule has 0 spiro atoms. The second-order valence-corrected chi connectivity index (χ2v) is 12.6. The van der Waals surface area contributed by atoms with Crippen LogP contribution in [0, 0.1) is 23.5 Å². The van der Waals surface area contributed by atoms with Crippen LogP contribution >= 0.6 is 0 Å². The number of carbonyl (C=O) groups excluding carboxylic acids is 1. The first-order valence-electron chi connectivity index (χ1n) is 15.1. The molecule has 44 heavy (non-hydrogen) atoms. The zero-order valence-electron chi connectivity index (χ0n) is 24.6. The highest BCUT2D eigenvalue weighted by molar-refractivity contribution is 6.00. The number of aryl methyl sites for hydroxylation is 1. The number of benzene rings is 3. The number of amides is 1. The number of imidazole rings is 1. The van der Waals surface area contributed by atoms with E-state index >= 15 is 0 Å². The fourth-order valence-electron chi connectivity index (χ4n) is 7.45. The minimum Gasteiger partial charge on any atom is -0.508 e. The first-order valence-corrected chi connectivity index (χ1v) is 15.1. The first-order chi connectivity index (χ1) is 21.2.